The Bertz CT molecular complexity index is 1010. The Morgan fingerprint density at radius 3 is 2.38 bits per heavy atom. The minimum absolute atomic E-state index is 0.0895. The number of methoxy groups -OCH3 is 2. The predicted molar refractivity (Wildman–Crippen MR) is 112 cm³/mol. The summed E-state index contributed by atoms with van der Waals surface area (Å²) < 4.78 is 37.7. The zero-order valence-corrected chi connectivity index (χ0v) is 18.1. The van der Waals surface area contributed by atoms with Crippen molar-refractivity contribution < 1.29 is 22.7 Å². The first-order valence-electron chi connectivity index (χ1n) is 8.77. The molecule has 0 radical (unpaired) electrons. The monoisotopic (exact) mass is 458 g/mol. The van der Waals surface area contributed by atoms with Gasteiger partial charge in [-0.1, -0.05) is 23.2 Å². The van der Waals surface area contributed by atoms with Gasteiger partial charge in [0.1, 0.15) is 17.5 Å². The summed E-state index contributed by atoms with van der Waals surface area (Å²) in [6.07, 6.45) is 0.982. The molecular weight excluding hydrogens is 439 g/mol. The van der Waals surface area contributed by atoms with Gasteiger partial charge in [0.2, 0.25) is 15.9 Å². The van der Waals surface area contributed by atoms with Crippen molar-refractivity contribution in [1.82, 2.24) is 4.31 Å². The number of hydrogen-bond acceptors (Lipinski definition) is 5. The SMILES string of the molecule is COc1cc(OC)c(NC(=O)C2CCCN2S(=O)(=O)c2ccc(Cl)cc2)cc1Cl. The number of benzene rings is 2. The van der Waals surface area contributed by atoms with Crippen LogP contribution in [0.1, 0.15) is 12.8 Å². The van der Waals surface area contributed by atoms with Gasteiger partial charge in [0.05, 0.1) is 29.8 Å². The fourth-order valence-corrected chi connectivity index (χ4v) is 5.23. The molecule has 2 aromatic rings. The molecule has 1 fully saturated rings. The van der Waals surface area contributed by atoms with Crippen molar-refractivity contribution in [3.05, 3.63) is 46.4 Å². The van der Waals surface area contributed by atoms with Gasteiger partial charge in [0.25, 0.3) is 0 Å². The Hall–Kier alpha value is -2.00. The van der Waals surface area contributed by atoms with Crippen molar-refractivity contribution in [3.8, 4) is 11.5 Å². The number of carbonyl (C=O) groups is 1. The van der Waals surface area contributed by atoms with E-state index < -0.39 is 22.0 Å². The number of hydrogen-bond donors (Lipinski definition) is 1. The topological polar surface area (TPSA) is 84.9 Å². The van der Waals surface area contributed by atoms with Crippen LogP contribution in [0.4, 0.5) is 5.69 Å². The van der Waals surface area contributed by atoms with E-state index in [1.54, 1.807) is 6.07 Å². The first-order valence-corrected chi connectivity index (χ1v) is 11.0. The summed E-state index contributed by atoms with van der Waals surface area (Å²) >= 11 is 12.0. The van der Waals surface area contributed by atoms with E-state index in [4.69, 9.17) is 32.7 Å². The lowest BCUT2D eigenvalue weighted by Crippen LogP contribution is -2.43. The molecule has 1 aliphatic heterocycles. The van der Waals surface area contributed by atoms with E-state index in [1.807, 2.05) is 0 Å². The van der Waals surface area contributed by atoms with Crippen molar-refractivity contribution in [2.45, 2.75) is 23.8 Å². The lowest BCUT2D eigenvalue weighted by atomic mass is 10.2. The normalized spacial score (nSPS) is 17.2. The molecule has 156 valence electrons. The Kier molecular flexibility index (Phi) is 6.58. The third kappa shape index (κ3) is 4.45. The number of nitrogens with one attached hydrogen (secondary N) is 1. The maximum absolute atomic E-state index is 13.0. The summed E-state index contributed by atoms with van der Waals surface area (Å²) in [4.78, 5) is 13.0. The van der Waals surface area contributed by atoms with E-state index in [9.17, 15) is 13.2 Å². The summed E-state index contributed by atoms with van der Waals surface area (Å²) in [5.41, 5.74) is 0.332. The number of sulfonamides is 1. The maximum atomic E-state index is 13.0. The molecule has 0 spiro atoms. The van der Waals surface area contributed by atoms with Gasteiger partial charge in [-0.25, -0.2) is 8.42 Å². The molecule has 1 heterocycles. The lowest BCUT2D eigenvalue weighted by molar-refractivity contribution is -0.119. The first kappa shape index (κ1) is 21.7. The summed E-state index contributed by atoms with van der Waals surface area (Å²) in [6, 6.07) is 8.07. The van der Waals surface area contributed by atoms with Crippen LogP contribution >= 0.6 is 23.2 Å². The van der Waals surface area contributed by atoms with Crippen LogP contribution in [0, 0.1) is 0 Å². The Labute approximate surface area is 179 Å². The highest BCUT2D eigenvalue weighted by atomic mass is 35.5. The Morgan fingerprint density at radius 1 is 1.10 bits per heavy atom. The molecule has 1 unspecified atom stereocenters. The maximum Gasteiger partial charge on any atom is 0.243 e. The van der Waals surface area contributed by atoms with Crippen LogP contribution in [0.5, 0.6) is 11.5 Å². The van der Waals surface area contributed by atoms with E-state index in [-0.39, 0.29) is 11.4 Å². The average Bonchev–Trinajstić information content (AvgIpc) is 3.19. The van der Waals surface area contributed by atoms with Gasteiger partial charge >= 0.3 is 0 Å². The molecule has 0 bridgehead atoms. The van der Waals surface area contributed by atoms with Crippen molar-refractivity contribution in [2.75, 3.05) is 26.1 Å². The zero-order valence-electron chi connectivity index (χ0n) is 15.8. The van der Waals surface area contributed by atoms with Gasteiger partial charge < -0.3 is 14.8 Å². The van der Waals surface area contributed by atoms with Crippen molar-refractivity contribution >= 4 is 44.8 Å². The Balaban J connectivity index is 1.86. The van der Waals surface area contributed by atoms with Crippen molar-refractivity contribution in [1.29, 1.82) is 0 Å². The van der Waals surface area contributed by atoms with Crippen LogP contribution < -0.4 is 14.8 Å². The van der Waals surface area contributed by atoms with E-state index >= 15 is 0 Å². The van der Waals surface area contributed by atoms with Gasteiger partial charge in [-0.15, -0.1) is 0 Å². The van der Waals surface area contributed by atoms with E-state index in [1.165, 1.54) is 48.9 Å². The van der Waals surface area contributed by atoms with Crippen LogP contribution in [0.15, 0.2) is 41.3 Å². The fraction of sp³-hybridized carbons (Fsp3) is 0.316. The highest BCUT2D eigenvalue weighted by molar-refractivity contribution is 7.89. The standard InChI is InChI=1S/C19H20Cl2N2O5S/c1-27-17-11-18(28-2)15(10-14(17)21)22-19(24)16-4-3-9-23(16)29(25,26)13-7-5-12(20)6-8-13/h5-8,10-11,16H,3-4,9H2,1-2H3,(H,22,24). The molecule has 1 N–H and O–H groups in total. The van der Waals surface area contributed by atoms with Gasteiger partial charge in [-0.3, -0.25) is 4.79 Å². The smallest absolute Gasteiger partial charge is 0.243 e. The number of carbonyl (C=O) groups excluding carboxylic acids is 1. The highest BCUT2D eigenvalue weighted by Crippen LogP contribution is 2.36. The van der Waals surface area contributed by atoms with E-state index in [0.29, 0.717) is 40.1 Å². The number of anilines is 1. The predicted octanol–water partition coefficient (Wildman–Crippen LogP) is 3.80. The third-order valence-electron chi connectivity index (χ3n) is 4.66. The zero-order chi connectivity index (χ0) is 21.2. The lowest BCUT2D eigenvalue weighted by Gasteiger charge is -2.24. The molecule has 3 rings (SSSR count). The molecule has 0 aliphatic carbocycles. The second kappa shape index (κ2) is 8.79. The van der Waals surface area contributed by atoms with Crippen LogP contribution in [-0.2, 0) is 14.8 Å². The molecule has 1 saturated heterocycles. The summed E-state index contributed by atoms with van der Waals surface area (Å²) in [5, 5.41) is 3.45. The quantitative estimate of drug-likeness (QED) is 0.711. The first-order chi connectivity index (χ1) is 13.8. The number of nitrogens with zero attached hydrogens (tertiary/aromatic N) is 1. The molecule has 1 aliphatic rings. The minimum Gasteiger partial charge on any atom is -0.495 e. The molecule has 29 heavy (non-hydrogen) atoms. The number of amides is 1. The second-order valence-electron chi connectivity index (χ2n) is 6.40. The molecule has 7 nitrogen and oxygen atoms in total. The Morgan fingerprint density at radius 2 is 1.76 bits per heavy atom. The van der Waals surface area contributed by atoms with Crippen LogP contribution in [0.25, 0.3) is 0 Å². The number of rotatable bonds is 6. The van der Waals surface area contributed by atoms with Gasteiger partial charge in [0, 0.05) is 17.6 Å². The molecule has 1 amide bonds. The van der Waals surface area contributed by atoms with Crippen molar-refractivity contribution in [3.63, 3.8) is 0 Å². The second-order valence-corrected chi connectivity index (χ2v) is 9.14. The van der Waals surface area contributed by atoms with Gasteiger partial charge in [-0.05, 0) is 43.2 Å². The average molecular weight is 459 g/mol. The fourth-order valence-electron chi connectivity index (χ4n) is 3.21. The molecule has 0 saturated carbocycles. The van der Waals surface area contributed by atoms with Crippen LogP contribution in [-0.4, -0.2) is 45.4 Å². The van der Waals surface area contributed by atoms with Crippen LogP contribution in [0.2, 0.25) is 10.0 Å². The summed E-state index contributed by atoms with van der Waals surface area (Å²) in [6.45, 7) is 0.254. The number of ether oxygens (including phenoxy) is 2. The summed E-state index contributed by atoms with van der Waals surface area (Å²) in [7, 11) is -0.921. The van der Waals surface area contributed by atoms with Gasteiger partial charge in [0.15, 0.2) is 0 Å². The van der Waals surface area contributed by atoms with E-state index in [0.717, 1.165) is 0 Å². The molecular formula is C19H20Cl2N2O5S. The molecule has 2 aromatic carbocycles. The molecule has 0 aromatic heterocycles. The van der Waals surface area contributed by atoms with Crippen molar-refractivity contribution in [2.24, 2.45) is 0 Å². The minimum atomic E-state index is -3.84. The summed E-state index contributed by atoms with van der Waals surface area (Å²) in [5.74, 6) is 0.290. The largest absolute Gasteiger partial charge is 0.495 e. The van der Waals surface area contributed by atoms with Crippen LogP contribution in [0.3, 0.4) is 0 Å². The third-order valence-corrected chi connectivity index (χ3v) is 7.13. The highest BCUT2D eigenvalue weighted by Gasteiger charge is 2.39. The number of halogens is 2. The molecule has 10 heteroatoms. The molecule has 1 atom stereocenters. The van der Waals surface area contributed by atoms with Gasteiger partial charge in [-0.2, -0.15) is 4.31 Å². The van der Waals surface area contributed by atoms with E-state index in [2.05, 4.69) is 5.32 Å².